The fourth-order valence-electron chi connectivity index (χ4n) is 9.58. The number of carbonyl (C=O) groups excluding carboxylic acids is 1. The largest absolute Gasteiger partial charge is 0.380 e. The van der Waals surface area contributed by atoms with Crippen molar-refractivity contribution in [1.82, 2.24) is 0 Å². The second kappa shape index (κ2) is 36.1. The van der Waals surface area contributed by atoms with Gasteiger partial charge < -0.3 is 18.4 Å². The third-order valence-corrected chi connectivity index (χ3v) is 15.5. The Bertz CT molecular complexity index is 3960. The molecule has 11 rings (SSSR count). The zero-order valence-corrected chi connectivity index (χ0v) is 53.8. The van der Waals surface area contributed by atoms with Gasteiger partial charge in [0.2, 0.25) is 5.78 Å². The molecule has 0 heterocycles. The molecule has 1 N–H and O–H groups in total. The maximum atomic E-state index is 13.4. The molecule has 0 saturated carbocycles. The van der Waals surface area contributed by atoms with E-state index in [1.807, 2.05) is 76.2 Å². The van der Waals surface area contributed by atoms with Crippen LogP contribution in [0.2, 0.25) is 0 Å². The van der Waals surface area contributed by atoms with Crippen molar-refractivity contribution in [3.8, 4) is 11.5 Å². The van der Waals surface area contributed by atoms with Crippen molar-refractivity contribution in [3.63, 3.8) is 0 Å². The summed E-state index contributed by atoms with van der Waals surface area (Å²) in [7, 11) is 1.43. The van der Waals surface area contributed by atoms with Gasteiger partial charge in [0.25, 0.3) is 5.69 Å². The first-order chi connectivity index (χ1) is 44.3. The number of hydrogen-bond acceptors (Lipinski definition) is 11. The van der Waals surface area contributed by atoms with Gasteiger partial charge in [0.05, 0.1) is 17.1 Å². The van der Waals surface area contributed by atoms with Gasteiger partial charge >= 0.3 is 22.7 Å². The summed E-state index contributed by atoms with van der Waals surface area (Å²) in [6.07, 6.45) is 0. The summed E-state index contributed by atoms with van der Waals surface area (Å²) in [4.78, 5) is 23.7. The number of nitro benzene ring substituents is 1. The molecule has 466 valence electrons. The van der Waals surface area contributed by atoms with Crippen LogP contribution in [0.1, 0.15) is 94.4 Å². The monoisotopic (exact) mass is 1250 g/mol. The maximum Gasteiger partial charge on any atom is 0.360 e. The molecule has 11 aromatic carbocycles. The number of benzene rings is 11. The molecule has 0 radical (unpaired) electrons. The predicted molar refractivity (Wildman–Crippen MR) is 369 cm³/mol. The van der Waals surface area contributed by atoms with Crippen LogP contribution in [0.15, 0.2) is 291 Å². The maximum absolute atomic E-state index is 13.4. The molecule has 0 bridgehead atoms. The highest BCUT2D eigenvalue weighted by Crippen LogP contribution is 2.39. The second-order valence-electron chi connectivity index (χ2n) is 20.8. The standard InChI is InChI=1S/C29H23N.C23H22O5S.C14H13NO5S.C9H12.C2H6/c1-4-12-22(13-5-1)29(23-14-6-2-7-15-23)27-20-10-19-26-25(27)18-11-21-28(26)30-24-16-8-3-9-17-24;1-18-13-15-21(16-14-18)28-29(25)27-17-23(26-2,20-11-7-4-8-12-20)22(24)19-9-5-3-6-10-19;1-11-6-8-13(9-7-11)20-21(18)19-10-12-4-2-3-5-14(12)15(16)17;1-8(2)9-6-4-3-5-7-9;1-2/h1-21,29-30H;3-16H,17H2,1-2H3;2-9H,10H2,1H3;3-8H,1-2H3;1-2H3. The lowest BCUT2D eigenvalue weighted by Gasteiger charge is -2.30. The molecule has 11 aromatic rings. The Hall–Kier alpha value is -9.67. The highest BCUT2D eigenvalue weighted by atomic mass is 32.2. The zero-order valence-electron chi connectivity index (χ0n) is 52.1. The number of anilines is 2. The molecular formula is C77H76N2O10S2. The van der Waals surface area contributed by atoms with Gasteiger partial charge in [0.1, 0.15) is 18.1 Å². The lowest BCUT2D eigenvalue weighted by Crippen LogP contribution is -2.43. The number of hydrogen-bond donors (Lipinski definition) is 1. The molecule has 0 aliphatic carbocycles. The fourth-order valence-corrected chi connectivity index (χ4v) is 10.7. The van der Waals surface area contributed by atoms with E-state index in [-0.39, 0.29) is 30.6 Å². The summed E-state index contributed by atoms with van der Waals surface area (Å²) in [5, 5.41) is 16.9. The molecule has 91 heavy (non-hydrogen) atoms. The van der Waals surface area contributed by atoms with E-state index >= 15 is 0 Å². The van der Waals surface area contributed by atoms with Crippen LogP contribution < -0.4 is 13.7 Å². The summed E-state index contributed by atoms with van der Waals surface area (Å²) in [5.74, 6) is 1.36. The van der Waals surface area contributed by atoms with E-state index in [0.29, 0.717) is 34.1 Å². The summed E-state index contributed by atoms with van der Waals surface area (Å²) in [5.41, 5.74) is 9.53. The van der Waals surface area contributed by atoms with Crippen LogP contribution in [0.5, 0.6) is 11.5 Å². The number of carbonyl (C=O) groups is 1. The number of Topliss-reactive ketones (excluding diaryl/α,β-unsaturated/α-hetero) is 1. The van der Waals surface area contributed by atoms with Crippen LogP contribution in [0, 0.1) is 24.0 Å². The molecule has 0 fully saturated rings. The molecule has 12 nitrogen and oxygen atoms in total. The van der Waals surface area contributed by atoms with E-state index in [1.54, 1.807) is 91.0 Å². The number of rotatable bonds is 21. The molecule has 0 aromatic heterocycles. The minimum absolute atomic E-state index is 0.0789. The van der Waals surface area contributed by atoms with Crippen molar-refractivity contribution in [3.05, 3.63) is 351 Å². The molecular weight excluding hydrogens is 1180 g/mol. The molecule has 0 aliphatic heterocycles. The lowest BCUT2D eigenvalue weighted by molar-refractivity contribution is -0.385. The topological polar surface area (TPSA) is 153 Å². The van der Waals surface area contributed by atoms with Crippen molar-refractivity contribution >= 4 is 56.3 Å². The SMILES string of the molecule is CC.CC(C)c1ccccc1.COC(COS(=O)Oc1ccc(C)cc1)(C(=O)c1ccccc1)c1ccccc1.Cc1ccc(OS(=O)OCc2ccccc2[N+](=O)[O-])cc1.c1ccc(Nc2cccc3c(C(c4ccccc4)c4ccccc4)cccc23)cc1. The highest BCUT2D eigenvalue weighted by Gasteiger charge is 2.42. The van der Waals surface area contributed by atoms with Crippen LogP contribution in [0.25, 0.3) is 10.8 Å². The first kappa shape index (κ1) is 68.8. The van der Waals surface area contributed by atoms with E-state index in [2.05, 4.69) is 165 Å². The summed E-state index contributed by atoms with van der Waals surface area (Å²) in [6.45, 7) is 11.8. The summed E-state index contributed by atoms with van der Waals surface area (Å²) in [6, 6.07) is 93.6. The summed E-state index contributed by atoms with van der Waals surface area (Å²) >= 11 is -4.13. The molecule has 3 atom stereocenters. The second-order valence-corrected chi connectivity index (χ2v) is 22.4. The van der Waals surface area contributed by atoms with Gasteiger partial charge in [0, 0.05) is 41.4 Å². The highest BCUT2D eigenvalue weighted by molar-refractivity contribution is 7.75. The van der Waals surface area contributed by atoms with E-state index < -0.39 is 33.2 Å². The van der Waals surface area contributed by atoms with Gasteiger partial charge in [-0.15, -0.1) is 0 Å². The number of nitrogens with one attached hydrogen (secondary N) is 1. The van der Waals surface area contributed by atoms with Gasteiger partial charge in [-0.25, -0.2) is 0 Å². The molecule has 0 amide bonds. The number of fused-ring (bicyclic) bond motifs is 1. The third-order valence-electron chi connectivity index (χ3n) is 14.3. The van der Waals surface area contributed by atoms with Crippen LogP contribution in [0.3, 0.4) is 0 Å². The Morgan fingerprint density at radius 2 is 0.945 bits per heavy atom. The number of nitrogens with zero attached hydrogens (tertiary/aromatic N) is 1. The minimum atomic E-state index is -2.10. The summed E-state index contributed by atoms with van der Waals surface area (Å²) < 4.78 is 50.5. The molecule has 0 spiro atoms. The van der Waals surface area contributed by atoms with Gasteiger partial charge in [-0.05, 0) is 101 Å². The van der Waals surface area contributed by atoms with E-state index in [9.17, 15) is 23.3 Å². The number of ketones is 1. The van der Waals surface area contributed by atoms with Gasteiger partial charge in [-0.2, -0.15) is 8.42 Å². The van der Waals surface area contributed by atoms with Crippen LogP contribution in [-0.2, 0) is 48.0 Å². The fraction of sp³-hybridized carbons (Fsp3) is 0.156. The van der Waals surface area contributed by atoms with Crippen molar-refractivity contribution in [2.24, 2.45) is 0 Å². The smallest absolute Gasteiger partial charge is 0.360 e. The Labute approximate surface area is 540 Å². The van der Waals surface area contributed by atoms with Crippen molar-refractivity contribution in [2.75, 3.05) is 19.0 Å². The number of ether oxygens (including phenoxy) is 1. The Morgan fingerprint density at radius 1 is 0.505 bits per heavy atom. The zero-order chi connectivity index (χ0) is 64.8. The number of nitro groups is 1. The van der Waals surface area contributed by atoms with Crippen LogP contribution in [-0.4, -0.2) is 32.8 Å². The van der Waals surface area contributed by atoms with Crippen molar-refractivity contribution in [1.29, 1.82) is 0 Å². The van der Waals surface area contributed by atoms with Gasteiger partial charge in [0.15, 0.2) is 5.60 Å². The van der Waals surface area contributed by atoms with E-state index in [4.69, 9.17) is 21.5 Å². The van der Waals surface area contributed by atoms with E-state index in [1.165, 1.54) is 46.2 Å². The minimum Gasteiger partial charge on any atom is -0.380 e. The molecule has 0 aliphatic rings. The van der Waals surface area contributed by atoms with E-state index in [0.717, 1.165) is 22.5 Å². The predicted octanol–water partition coefficient (Wildman–Crippen LogP) is 19.1. The average molecular weight is 1250 g/mol. The first-order valence-electron chi connectivity index (χ1n) is 29.8. The van der Waals surface area contributed by atoms with Gasteiger partial charge in [-0.3, -0.25) is 23.3 Å². The van der Waals surface area contributed by atoms with Crippen molar-refractivity contribution in [2.45, 2.75) is 65.6 Å². The number of aryl methyl sites for hydroxylation is 2. The van der Waals surface area contributed by atoms with Gasteiger partial charge in [-0.1, -0.05) is 275 Å². The molecule has 14 heteroatoms. The third kappa shape index (κ3) is 20.4. The van der Waals surface area contributed by atoms with Crippen LogP contribution >= 0.6 is 0 Å². The Morgan fingerprint density at radius 3 is 1.44 bits per heavy atom. The number of para-hydroxylation sites is 2. The number of methoxy groups -OCH3 is 1. The first-order valence-corrected chi connectivity index (χ1v) is 31.8. The average Bonchev–Trinajstić information content (AvgIpc) is 0.904. The quantitative estimate of drug-likeness (QED) is 0.0317. The normalized spacial score (nSPS) is 11.9. The van der Waals surface area contributed by atoms with Crippen molar-refractivity contribution < 1.29 is 39.6 Å². The van der Waals surface area contributed by atoms with Crippen LogP contribution in [0.4, 0.5) is 17.1 Å². The Kier molecular flexibility index (Phi) is 27.3. The Balaban J connectivity index is 0.000000181. The molecule has 3 unspecified atom stereocenters. The molecule has 0 saturated heterocycles. The lowest BCUT2D eigenvalue weighted by atomic mass is 9.82.